The van der Waals surface area contributed by atoms with E-state index in [2.05, 4.69) is 21.0 Å². The first-order chi connectivity index (χ1) is 11.9. The van der Waals surface area contributed by atoms with Crippen molar-refractivity contribution in [2.24, 2.45) is 7.05 Å². The Bertz CT molecular complexity index is 812. The van der Waals surface area contributed by atoms with E-state index in [9.17, 15) is 4.79 Å². The summed E-state index contributed by atoms with van der Waals surface area (Å²) in [5.74, 6) is 0.819. The van der Waals surface area contributed by atoms with Crippen molar-refractivity contribution in [1.82, 2.24) is 9.78 Å². The van der Waals surface area contributed by atoms with Crippen molar-refractivity contribution in [2.75, 3.05) is 14.2 Å². The Kier molecular flexibility index (Phi) is 6.25. The number of hydrogen-bond donors (Lipinski definition) is 0. The maximum atomic E-state index is 12.0. The number of rotatable bonds is 6. The van der Waals surface area contributed by atoms with Gasteiger partial charge in [-0.25, -0.2) is 4.79 Å². The van der Waals surface area contributed by atoms with Gasteiger partial charge in [-0.1, -0.05) is 0 Å². The molecule has 0 amide bonds. The minimum atomic E-state index is -0.438. The van der Waals surface area contributed by atoms with Crippen LogP contribution in [0.5, 0.6) is 11.5 Å². The van der Waals surface area contributed by atoms with Crippen LogP contribution in [0, 0.1) is 13.8 Å². The van der Waals surface area contributed by atoms with Crippen LogP contribution in [0.15, 0.2) is 22.7 Å². The Hall–Kier alpha value is -2.28. The molecule has 0 saturated carbocycles. The molecule has 134 valence electrons. The molecule has 0 fully saturated rings. The average molecular weight is 409 g/mol. The van der Waals surface area contributed by atoms with Gasteiger partial charge in [0.05, 0.1) is 24.4 Å². The lowest BCUT2D eigenvalue weighted by Gasteiger charge is -2.12. The Balaban J connectivity index is 2.08. The predicted octanol–water partition coefficient (Wildman–Crippen LogP) is 3.57. The second-order valence-corrected chi connectivity index (χ2v) is 6.30. The minimum Gasteiger partial charge on any atom is -0.496 e. The number of methoxy groups -OCH3 is 2. The van der Waals surface area contributed by atoms with Gasteiger partial charge in [0.2, 0.25) is 0 Å². The Labute approximate surface area is 155 Å². The van der Waals surface area contributed by atoms with Crippen LogP contribution in [0.2, 0.25) is 0 Å². The normalized spacial score (nSPS) is 11.0. The maximum Gasteiger partial charge on any atom is 0.331 e. The van der Waals surface area contributed by atoms with E-state index < -0.39 is 5.97 Å². The minimum absolute atomic E-state index is 0.0843. The number of aromatic nitrogens is 2. The van der Waals surface area contributed by atoms with E-state index in [0.717, 1.165) is 27.0 Å². The van der Waals surface area contributed by atoms with Gasteiger partial charge in [0.25, 0.3) is 0 Å². The number of nitrogens with zero attached hydrogens (tertiary/aromatic N) is 2. The molecule has 2 aromatic rings. The van der Waals surface area contributed by atoms with Gasteiger partial charge >= 0.3 is 5.97 Å². The fourth-order valence-electron chi connectivity index (χ4n) is 2.42. The molecule has 25 heavy (non-hydrogen) atoms. The van der Waals surface area contributed by atoms with Gasteiger partial charge in [-0.15, -0.1) is 0 Å². The number of hydrogen-bond acceptors (Lipinski definition) is 5. The molecule has 0 aliphatic rings. The summed E-state index contributed by atoms with van der Waals surface area (Å²) < 4.78 is 18.4. The zero-order valence-electron chi connectivity index (χ0n) is 14.9. The summed E-state index contributed by atoms with van der Waals surface area (Å²) >= 11 is 3.40. The summed E-state index contributed by atoms with van der Waals surface area (Å²) in [6, 6.07) is 3.55. The van der Waals surface area contributed by atoms with Crippen LogP contribution in [0.1, 0.15) is 22.5 Å². The lowest BCUT2D eigenvalue weighted by atomic mass is 10.2. The Morgan fingerprint density at radius 3 is 2.48 bits per heavy atom. The van der Waals surface area contributed by atoms with Gasteiger partial charge in [-0.3, -0.25) is 4.68 Å². The molecule has 0 unspecified atom stereocenters. The largest absolute Gasteiger partial charge is 0.496 e. The SMILES string of the molecule is COc1cc(COC(=O)/C=C/c2c(C)nn(C)c2C)c(OC)cc1Br. The molecule has 1 heterocycles. The molecule has 0 bridgehead atoms. The van der Waals surface area contributed by atoms with Gasteiger partial charge in [-0.05, 0) is 48.0 Å². The number of halogens is 1. The zero-order valence-corrected chi connectivity index (χ0v) is 16.5. The van der Waals surface area contributed by atoms with Crippen LogP contribution < -0.4 is 9.47 Å². The van der Waals surface area contributed by atoms with Crippen molar-refractivity contribution in [1.29, 1.82) is 0 Å². The van der Waals surface area contributed by atoms with Gasteiger partial charge < -0.3 is 14.2 Å². The highest BCUT2D eigenvalue weighted by atomic mass is 79.9. The molecule has 0 aliphatic carbocycles. The van der Waals surface area contributed by atoms with E-state index in [-0.39, 0.29) is 6.61 Å². The highest BCUT2D eigenvalue weighted by Crippen LogP contribution is 2.33. The number of ether oxygens (including phenoxy) is 3. The second-order valence-electron chi connectivity index (χ2n) is 5.45. The Morgan fingerprint density at radius 2 is 1.92 bits per heavy atom. The van der Waals surface area contributed by atoms with E-state index in [0.29, 0.717) is 11.5 Å². The molecule has 6 nitrogen and oxygen atoms in total. The van der Waals surface area contributed by atoms with Crippen LogP contribution >= 0.6 is 15.9 Å². The fourth-order valence-corrected chi connectivity index (χ4v) is 2.90. The van der Waals surface area contributed by atoms with Crippen molar-refractivity contribution in [2.45, 2.75) is 20.5 Å². The average Bonchev–Trinajstić information content (AvgIpc) is 2.83. The third kappa shape index (κ3) is 4.42. The molecule has 2 rings (SSSR count). The van der Waals surface area contributed by atoms with Crippen molar-refractivity contribution in [3.05, 3.63) is 45.2 Å². The van der Waals surface area contributed by atoms with Crippen molar-refractivity contribution < 1.29 is 19.0 Å². The monoisotopic (exact) mass is 408 g/mol. The molecule has 0 aliphatic heterocycles. The summed E-state index contributed by atoms with van der Waals surface area (Å²) in [5, 5.41) is 4.31. The summed E-state index contributed by atoms with van der Waals surface area (Å²) in [5.41, 5.74) is 3.49. The number of aryl methyl sites for hydroxylation is 2. The van der Waals surface area contributed by atoms with E-state index >= 15 is 0 Å². The van der Waals surface area contributed by atoms with E-state index in [1.165, 1.54) is 6.08 Å². The van der Waals surface area contributed by atoms with Crippen LogP contribution in [0.4, 0.5) is 0 Å². The summed E-state index contributed by atoms with van der Waals surface area (Å²) in [6.07, 6.45) is 3.12. The summed E-state index contributed by atoms with van der Waals surface area (Å²) in [7, 11) is 5.00. The van der Waals surface area contributed by atoms with Crippen molar-refractivity contribution in [3.63, 3.8) is 0 Å². The molecule has 0 spiro atoms. The molecule has 1 aromatic carbocycles. The molecule has 0 radical (unpaired) electrons. The zero-order chi connectivity index (χ0) is 18.6. The molecule has 0 N–H and O–H groups in total. The lowest BCUT2D eigenvalue weighted by Crippen LogP contribution is -2.03. The third-order valence-electron chi connectivity index (χ3n) is 3.88. The second kappa shape index (κ2) is 8.20. The number of carbonyl (C=O) groups is 1. The molecular weight excluding hydrogens is 388 g/mol. The standard InChI is InChI=1S/C18H21BrN2O4/c1-11-14(12(2)21(3)20-11)6-7-18(22)25-10-13-8-17(24-5)15(19)9-16(13)23-4/h6-9H,10H2,1-5H3/b7-6+. The van der Waals surface area contributed by atoms with Crippen LogP contribution in [-0.4, -0.2) is 30.0 Å². The van der Waals surface area contributed by atoms with Gasteiger partial charge in [-0.2, -0.15) is 5.10 Å². The summed E-state index contributed by atoms with van der Waals surface area (Å²) in [6.45, 7) is 3.93. The van der Waals surface area contributed by atoms with E-state index in [1.54, 1.807) is 37.1 Å². The predicted molar refractivity (Wildman–Crippen MR) is 98.8 cm³/mol. The van der Waals surface area contributed by atoms with Gasteiger partial charge in [0, 0.05) is 29.9 Å². The van der Waals surface area contributed by atoms with Crippen molar-refractivity contribution in [3.8, 4) is 11.5 Å². The van der Waals surface area contributed by atoms with Gasteiger partial charge in [0.15, 0.2) is 0 Å². The van der Waals surface area contributed by atoms with Crippen LogP contribution in [0.3, 0.4) is 0 Å². The first kappa shape index (κ1) is 19.1. The summed E-state index contributed by atoms with van der Waals surface area (Å²) in [4.78, 5) is 12.0. The molecule has 0 atom stereocenters. The molecule has 7 heteroatoms. The third-order valence-corrected chi connectivity index (χ3v) is 4.50. The smallest absolute Gasteiger partial charge is 0.331 e. The fraction of sp³-hybridized carbons (Fsp3) is 0.333. The maximum absolute atomic E-state index is 12.0. The molecule has 0 saturated heterocycles. The Morgan fingerprint density at radius 1 is 1.24 bits per heavy atom. The van der Waals surface area contributed by atoms with Crippen LogP contribution in [-0.2, 0) is 23.2 Å². The topological polar surface area (TPSA) is 62.6 Å². The quantitative estimate of drug-likeness (QED) is 0.539. The molecule has 1 aromatic heterocycles. The number of esters is 1. The first-order valence-electron chi connectivity index (χ1n) is 7.62. The van der Waals surface area contributed by atoms with Crippen molar-refractivity contribution >= 4 is 28.0 Å². The number of benzene rings is 1. The van der Waals surface area contributed by atoms with E-state index in [1.807, 2.05) is 20.9 Å². The van der Waals surface area contributed by atoms with Gasteiger partial charge in [0.1, 0.15) is 18.1 Å². The highest BCUT2D eigenvalue weighted by molar-refractivity contribution is 9.10. The van der Waals surface area contributed by atoms with E-state index in [4.69, 9.17) is 14.2 Å². The number of carbonyl (C=O) groups excluding carboxylic acids is 1. The molecular formula is C18H21BrN2O4. The lowest BCUT2D eigenvalue weighted by molar-refractivity contribution is -0.138. The van der Waals surface area contributed by atoms with Crippen LogP contribution in [0.25, 0.3) is 6.08 Å². The first-order valence-corrected chi connectivity index (χ1v) is 8.42. The highest BCUT2D eigenvalue weighted by Gasteiger charge is 2.12.